The molecule has 2 N–H and O–H groups in total. The number of imide groups is 1. The van der Waals surface area contributed by atoms with Crippen LogP contribution in [0.15, 0.2) is 24.3 Å². The zero-order valence-electron chi connectivity index (χ0n) is 17.3. The molecule has 6 nitrogen and oxygen atoms in total. The molecule has 6 heteroatoms. The fourth-order valence-corrected chi connectivity index (χ4v) is 4.36. The van der Waals surface area contributed by atoms with Crippen molar-refractivity contribution in [2.45, 2.75) is 65.5 Å². The molecule has 1 heterocycles. The Balaban J connectivity index is 1.57. The minimum absolute atomic E-state index is 0.197. The lowest BCUT2D eigenvalue weighted by molar-refractivity contribution is -0.136. The summed E-state index contributed by atoms with van der Waals surface area (Å²) in [5.74, 6) is -0.0458. The Morgan fingerprint density at radius 3 is 2.54 bits per heavy atom. The van der Waals surface area contributed by atoms with Gasteiger partial charge in [0.1, 0.15) is 12.1 Å². The predicted octanol–water partition coefficient (Wildman–Crippen LogP) is 3.14. The van der Waals surface area contributed by atoms with Crippen LogP contribution in [0.3, 0.4) is 0 Å². The molecular formula is C22H31N3O3. The Labute approximate surface area is 167 Å². The molecule has 2 fully saturated rings. The van der Waals surface area contributed by atoms with E-state index in [1.807, 2.05) is 31.2 Å². The van der Waals surface area contributed by atoms with Crippen LogP contribution in [0.25, 0.3) is 0 Å². The smallest absolute Gasteiger partial charge is 0.325 e. The van der Waals surface area contributed by atoms with Crippen LogP contribution in [0.1, 0.15) is 57.6 Å². The van der Waals surface area contributed by atoms with Crippen molar-refractivity contribution in [1.82, 2.24) is 15.5 Å². The van der Waals surface area contributed by atoms with E-state index in [-0.39, 0.29) is 23.8 Å². The van der Waals surface area contributed by atoms with Crippen LogP contribution < -0.4 is 10.6 Å². The summed E-state index contributed by atoms with van der Waals surface area (Å²) in [6, 6.07) is 7.41. The topological polar surface area (TPSA) is 78.5 Å². The van der Waals surface area contributed by atoms with E-state index in [2.05, 4.69) is 31.4 Å². The first-order valence-corrected chi connectivity index (χ1v) is 10.1. The number of carbonyl (C=O) groups excluding carboxylic acids is 3. The van der Waals surface area contributed by atoms with Gasteiger partial charge < -0.3 is 10.6 Å². The van der Waals surface area contributed by atoms with Crippen molar-refractivity contribution < 1.29 is 14.4 Å². The molecule has 28 heavy (non-hydrogen) atoms. The summed E-state index contributed by atoms with van der Waals surface area (Å²) in [7, 11) is 0. The number of carbonyl (C=O) groups is 3. The summed E-state index contributed by atoms with van der Waals surface area (Å²) >= 11 is 0. The van der Waals surface area contributed by atoms with Crippen molar-refractivity contribution in [1.29, 1.82) is 0 Å². The van der Waals surface area contributed by atoms with Crippen LogP contribution in [0.4, 0.5) is 4.79 Å². The molecule has 3 rings (SSSR count). The SMILES string of the molecule is Cc1cccc(CNC(=O)CN2C(=O)NC3(CCC(C(C)(C)C)CC3)C2=O)c1. The Morgan fingerprint density at radius 2 is 1.93 bits per heavy atom. The molecule has 1 aromatic rings. The molecule has 0 radical (unpaired) electrons. The molecule has 0 aromatic heterocycles. The summed E-state index contributed by atoms with van der Waals surface area (Å²) in [6.07, 6.45) is 3.09. The largest absolute Gasteiger partial charge is 0.350 e. The van der Waals surface area contributed by atoms with Crippen LogP contribution >= 0.6 is 0 Å². The first kappa shape index (κ1) is 20.4. The van der Waals surface area contributed by atoms with Gasteiger partial charge in [-0.25, -0.2) is 4.79 Å². The number of nitrogens with one attached hydrogen (secondary N) is 2. The lowest BCUT2D eigenvalue weighted by atomic mass is 9.67. The maximum absolute atomic E-state index is 13.0. The van der Waals surface area contributed by atoms with Gasteiger partial charge in [0, 0.05) is 6.54 Å². The highest BCUT2D eigenvalue weighted by Crippen LogP contribution is 2.43. The van der Waals surface area contributed by atoms with Gasteiger partial charge in [-0.1, -0.05) is 50.6 Å². The van der Waals surface area contributed by atoms with Gasteiger partial charge in [-0.15, -0.1) is 0 Å². The third kappa shape index (κ3) is 4.21. The molecule has 1 saturated carbocycles. The van der Waals surface area contributed by atoms with Gasteiger partial charge in [-0.3, -0.25) is 14.5 Å². The molecule has 2 aliphatic rings. The standard InChI is InChI=1S/C22H31N3O3/c1-15-6-5-7-16(12-15)13-23-18(26)14-25-19(27)22(24-20(25)28)10-8-17(9-11-22)21(2,3)4/h5-7,12,17H,8-11,13-14H2,1-4H3,(H,23,26)(H,24,28). The molecule has 152 valence electrons. The number of rotatable bonds is 4. The van der Waals surface area contributed by atoms with Crippen molar-refractivity contribution in [3.8, 4) is 0 Å². The Bertz CT molecular complexity index is 773. The number of urea groups is 1. The third-order valence-corrected chi connectivity index (χ3v) is 6.18. The number of aryl methyl sites for hydroxylation is 1. The highest BCUT2D eigenvalue weighted by molar-refractivity contribution is 6.09. The average Bonchev–Trinajstić information content (AvgIpc) is 2.84. The second-order valence-corrected chi connectivity index (χ2v) is 9.31. The summed E-state index contributed by atoms with van der Waals surface area (Å²) in [5, 5.41) is 5.68. The molecule has 1 aliphatic heterocycles. The van der Waals surface area contributed by atoms with Crippen LogP contribution in [0, 0.1) is 18.3 Å². The molecular weight excluding hydrogens is 354 g/mol. The zero-order valence-corrected chi connectivity index (χ0v) is 17.3. The molecule has 1 spiro atoms. The minimum atomic E-state index is -0.824. The van der Waals surface area contributed by atoms with Crippen molar-refractivity contribution in [2.24, 2.45) is 11.3 Å². The quantitative estimate of drug-likeness (QED) is 0.782. The molecule has 0 bridgehead atoms. The van der Waals surface area contributed by atoms with Gasteiger partial charge in [0.15, 0.2) is 0 Å². The highest BCUT2D eigenvalue weighted by Gasteiger charge is 2.53. The van der Waals surface area contributed by atoms with E-state index in [9.17, 15) is 14.4 Å². The molecule has 0 unspecified atom stereocenters. The van der Waals surface area contributed by atoms with Gasteiger partial charge in [0.25, 0.3) is 5.91 Å². The number of hydrogen-bond donors (Lipinski definition) is 2. The average molecular weight is 386 g/mol. The van der Waals surface area contributed by atoms with Gasteiger partial charge in [-0.2, -0.15) is 0 Å². The number of hydrogen-bond acceptors (Lipinski definition) is 3. The number of benzene rings is 1. The van der Waals surface area contributed by atoms with E-state index >= 15 is 0 Å². The van der Waals surface area contributed by atoms with E-state index < -0.39 is 11.6 Å². The van der Waals surface area contributed by atoms with Crippen LogP contribution in [-0.4, -0.2) is 34.8 Å². The fourth-order valence-electron chi connectivity index (χ4n) is 4.36. The Kier molecular flexibility index (Phi) is 5.50. The van der Waals surface area contributed by atoms with Crippen molar-refractivity contribution in [2.75, 3.05) is 6.54 Å². The summed E-state index contributed by atoms with van der Waals surface area (Å²) in [6.45, 7) is 8.79. The lowest BCUT2D eigenvalue weighted by Gasteiger charge is -2.40. The van der Waals surface area contributed by atoms with Gasteiger partial charge >= 0.3 is 6.03 Å². The van der Waals surface area contributed by atoms with E-state index in [1.165, 1.54) is 0 Å². The molecule has 4 amide bonds. The lowest BCUT2D eigenvalue weighted by Crippen LogP contribution is -2.51. The Morgan fingerprint density at radius 1 is 1.25 bits per heavy atom. The van der Waals surface area contributed by atoms with Gasteiger partial charge in [-0.05, 0) is 49.5 Å². The van der Waals surface area contributed by atoms with Crippen LogP contribution in [0.5, 0.6) is 0 Å². The monoisotopic (exact) mass is 385 g/mol. The highest BCUT2D eigenvalue weighted by atomic mass is 16.2. The van der Waals surface area contributed by atoms with Crippen molar-refractivity contribution in [3.63, 3.8) is 0 Å². The number of amides is 4. The number of nitrogens with zero attached hydrogens (tertiary/aromatic N) is 1. The summed E-state index contributed by atoms with van der Waals surface area (Å²) in [4.78, 5) is 38.8. The van der Waals surface area contributed by atoms with Crippen molar-refractivity contribution in [3.05, 3.63) is 35.4 Å². The van der Waals surface area contributed by atoms with Crippen molar-refractivity contribution >= 4 is 17.8 Å². The minimum Gasteiger partial charge on any atom is -0.350 e. The fraction of sp³-hybridized carbons (Fsp3) is 0.591. The Hall–Kier alpha value is -2.37. The second-order valence-electron chi connectivity index (χ2n) is 9.31. The predicted molar refractivity (Wildman–Crippen MR) is 107 cm³/mol. The molecule has 1 aliphatic carbocycles. The van der Waals surface area contributed by atoms with E-state index in [1.54, 1.807) is 0 Å². The maximum atomic E-state index is 13.0. The summed E-state index contributed by atoms with van der Waals surface area (Å²) < 4.78 is 0. The molecule has 1 aromatic carbocycles. The third-order valence-electron chi connectivity index (χ3n) is 6.18. The van der Waals surface area contributed by atoms with Gasteiger partial charge in [0.2, 0.25) is 5.91 Å². The molecule has 0 atom stereocenters. The first-order chi connectivity index (χ1) is 13.1. The van der Waals surface area contributed by atoms with E-state index in [4.69, 9.17) is 0 Å². The van der Waals surface area contributed by atoms with E-state index in [0.29, 0.717) is 25.3 Å². The maximum Gasteiger partial charge on any atom is 0.325 e. The summed E-state index contributed by atoms with van der Waals surface area (Å²) in [5.41, 5.74) is 1.48. The van der Waals surface area contributed by atoms with Gasteiger partial charge in [0.05, 0.1) is 0 Å². The van der Waals surface area contributed by atoms with Crippen LogP contribution in [-0.2, 0) is 16.1 Å². The normalized spacial score (nSPS) is 25.1. The van der Waals surface area contributed by atoms with Crippen LogP contribution in [0.2, 0.25) is 0 Å². The zero-order chi connectivity index (χ0) is 20.5. The molecule has 1 saturated heterocycles. The van der Waals surface area contributed by atoms with E-state index in [0.717, 1.165) is 28.9 Å². The second kappa shape index (κ2) is 7.57. The first-order valence-electron chi connectivity index (χ1n) is 10.1.